The zero-order valence-electron chi connectivity index (χ0n) is 11.5. The number of pyridine rings is 1. The molecule has 4 rings (SSSR count). The molecule has 22 heavy (non-hydrogen) atoms. The van der Waals surface area contributed by atoms with Crippen LogP contribution in [0.25, 0.3) is 26.8 Å². The molecule has 0 aliphatic carbocycles. The van der Waals surface area contributed by atoms with Crippen molar-refractivity contribution in [1.29, 1.82) is 0 Å². The molecule has 0 unspecified atom stereocenters. The van der Waals surface area contributed by atoms with Crippen LogP contribution in [0.3, 0.4) is 0 Å². The Morgan fingerprint density at radius 1 is 1.00 bits per heavy atom. The van der Waals surface area contributed by atoms with E-state index in [-0.39, 0.29) is 6.61 Å². The molecule has 3 aromatic heterocycles. The molecular formula is C16H12N4OS. The maximum Gasteiger partial charge on any atom is 0.213 e. The molecule has 0 amide bonds. The van der Waals surface area contributed by atoms with Gasteiger partial charge < -0.3 is 5.11 Å². The van der Waals surface area contributed by atoms with Gasteiger partial charge in [0.1, 0.15) is 5.01 Å². The maximum atomic E-state index is 9.73. The topological polar surface area (TPSA) is 63.3 Å². The zero-order valence-corrected chi connectivity index (χ0v) is 12.4. The molecule has 0 saturated heterocycles. The van der Waals surface area contributed by atoms with Crippen molar-refractivity contribution in [2.75, 3.05) is 0 Å². The Balaban J connectivity index is 1.88. The lowest BCUT2D eigenvalue weighted by molar-refractivity contribution is 0.275. The van der Waals surface area contributed by atoms with Crippen LogP contribution >= 0.6 is 11.3 Å². The maximum absolute atomic E-state index is 9.73. The summed E-state index contributed by atoms with van der Waals surface area (Å²) in [5.41, 5.74) is 3.42. The second-order valence-corrected chi connectivity index (χ2v) is 5.72. The van der Waals surface area contributed by atoms with Crippen molar-refractivity contribution in [3.63, 3.8) is 0 Å². The summed E-state index contributed by atoms with van der Waals surface area (Å²) >= 11 is 1.51. The third kappa shape index (κ3) is 2.09. The largest absolute Gasteiger partial charge is 0.390 e. The summed E-state index contributed by atoms with van der Waals surface area (Å²) in [4.78, 5) is 9.42. The van der Waals surface area contributed by atoms with Gasteiger partial charge in [-0.25, -0.2) is 9.50 Å². The second-order valence-electron chi connectivity index (χ2n) is 4.77. The first-order chi connectivity index (χ1) is 10.9. The Morgan fingerprint density at radius 3 is 2.50 bits per heavy atom. The minimum atomic E-state index is -0.114. The van der Waals surface area contributed by atoms with Crippen LogP contribution in [0.5, 0.6) is 0 Å². The number of imidazole rings is 1. The molecule has 1 N–H and O–H groups in total. The minimum Gasteiger partial charge on any atom is -0.390 e. The molecule has 1 aromatic carbocycles. The lowest BCUT2D eigenvalue weighted by atomic mass is 10.1. The van der Waals surface area contributed by atoms with Gasteiger partial charge in [-0.2, -0.15) is 5.10 Å². The van der Waals surface area contributed by atoms with E-state index in [4.69, 9.17) is 0 Å². The van der Waals surface area contributed by atoms with Crippen LogP contribution in [-0.2, 0) is 6.61 Å². The van der Waals surface area contributed by atoms with Gasteiger partial charge in [-0.3, -0.25) is 4.98 Å². The normalized spacial score (nSPS) is 11.1. The molecule has 0 radical (unpaired) electrons. The van der Waals surface area contributed by atoms with Crippen LogP contribution < -0.4 is 0 Å². The molecule has 108 valence electrons. The average Bonchev–Trinajstić information content (AvgIpc) is 3.14. The van der Waals surface area contributed by atoms with Crippen molar-refractivity contribution in [2.45, 2.75) is 6.61 Å². The smallest absolute Gasteiger partial charge is 0.213 e. The molecule has 0 bridgehead atoms. The van der Waals surface area contributed by atoms with Gasteiger partial charge in [0.25, 0.3) is 0 Å². The fourth-order valence-electron chi connectivity index (χ4n) is 2.37. The molecule has 0 spiro atoms. The molecule has 0 saturated carbocycles. The van der Waals surface area contributed by atoms with Crippen molar-refractivity contribution in [2.24, 2.45) is 0 Å². The average molecular weight is 308 g/mol. The molecule has 5 nitrogen and oxygen atoms in total. The quantitative estimate of drug-likeness (QED) is 0.632. The molecule has 0 fully saturated rings. The molecule has 3 heterocycles. The fourth-order valence-corrected chi connectivity index (χ4v) is 3.29. The van der Waals surface area contributed by atoms with Gasteiger partial charge in [0.2, 0.25) is 4.96 Å². The van der Waals surface area contributed by atoms with Crippen LogP contribution in [0.15, 0.2) is 54.9 Å². The number of aromatic nitrogens is 4. The lowest BCUT2D eigenvalue weighted by Gasteiger charge is -2.00. The van der Waals surface area contributed by atoms with Gasteiger partial charge in [0.15, 0.2) is 0 Å². The first kappa shape index (κ1) is 13.1. The van der Waals surface area contributed by atoms with E-state index in [0.717, 1.165) is 26.8 Å². The van der Waals surface area contributed by atoms with Crippen molar-refractivity contribution in [3.05, 3.63) is 60.6 Å². The van der Waals surface area contributed by atoms with Gasteiger partial charge in [-0.05, 0) is 12.1 Å². The van der Waals surface area contributed by atoms with E-state index in [2.05, 4.69) is 15.1 Å². The highest BCUT2D eigenvalue weighted by molar-refractivity contribution is 7.19. The summed E-state index contributed by atoms with van der Waals surface area (Å²) in [7, 11) is 0. The van der Waals surface area contributed by atoms with Gasteiger partial charge in [-0.15, -0.1) is 0 Å². The number of aliphatic hydroxyl groups excluding tert-OH is 1. The Morgan fingerprint density at radius 2 is 1.77 bits per heavy atom. The fraction of sp³-hybridized carbons (Fsp3) is 0.0625. The highest BCUT2D eigenvalue weighted by Gasteiger charge is 2.17. The van der Waals surface area contributed by atoms with Gasteiger partial charge in [0, 0.05) is 23.5 Å². The van der Waals surface area contributed by atoms with E-state index in [1.54, 1.807) is 16.9 Å². The van der Waals surface area contributed by atoms with E-state index < -0.39 is 0 Å². The van der Waals surface area contributed by atoms with Crippen LogP contribution in [0.1, 0.15) is 5.69 Å². The Labute approximate surface area is 130 Å². The van der Waals surface area contributed by atoms with E-state index in [0.29, 0.717) is 5.69 Å². The summed E-state index contributed by atoms with van der Waals surface area (Å²) in [5, 5.41) is 15.2. The molecular weight excluding hydrogens is 296 g/mol. The highest BCUT2D eigenvalue weighted by atomic mass is 32.1. The number of rotatable bonds is 3. The lowest BCUT2D eigenvalue weighted by Crippen LogP contribution is -1.95. The summed E-state index contributed by atoms with van der Waals surface area (Å²) in [6, 6.07) is 13.7. The standard InChI is InChI=1S/C16H12N4OS/c21-10-13-14(11-6-8-17-9-7-11)18-16-20(13)19-15(22-16)12-4-2-1-3-5-12/h1-9,21H,10H2. The van der Waals surface area contributed by atoms with Crippen LogP contribution in [0.2, 0.25) is 0 Å². The van der Waals surface area contributed by atoms with E-state index in [1.807, 2.05) is 42.5 Å². The monoisotopic (exact) mass is 308 g/mol. The van der Waals surface area contributed by atoms with Crippen molar-refractivity contribution in [1.82, 2.24) is 19.6 Å². The number of hydrogen-bond donors (Lipinski definition) is 1. The third-order valence-corrected chi connectivity index (χ3v) is 4.38. The van der Waals surface area contributed by atoms with Crippen molar-refractivity contribution in [3.8, 4) is 21.8 Å². The molecule has 4 aromatic rings. The Kier molecular flexibility index (Phi) is 3.17. The van der Waals surface area contributed by atoms with E-state index in [9.17, 15) is 5.11 Å². The van der Waals surface area contributed by atoms with Gasteiger partial charge in [-0.1, -0.05) is 41.7 Å². The zero-order chi connectivity index (χ0) is 14.9. The first-order valence-electron chi connectivity index (χ1n) is 6.82. The predicted octanol–water partition coefficient (Wildman–Crippen LogP) is 3.01. The number of hydrogen-bond acceptors (Lipinski definition) is 5. The summed E-state index contributed by atoms with van der Waals surface area (Å²) in [6.07, 6.45) is 3.43. The van der Waals surface area contributed by atoms with Gasteiger partial charge >= 0.3 is 0 Å². The van der Waals surface area contributed by atoms with Crippen LogP contribution in [-0.4, -0.2) is 24.7 Å². The molecule has 6 heteroatoms. The number of aliphatic hydroxyl groups is 1. The molecule has 0 aliphatic rings. The Bertz CT molecular complexity index is 915. The Hall–Kier alpha value is -2.57. The molecule has 0 aliphatic heterocycles. The third-order valence-electron chi connectivity index (χ3n) is 3.42. The van der Waals surface area contributed by atoms with Crippen LogP contribution in [0.4, 0.5) is 0 Å². The number of benzene rings is 1. The molecule has 0 atom stereocenters. The predicted molar refractivity (Wildman–Crippen MR) is 85.5 cm³/mol. The first-order valence-corrected chi connectivity index (χ1v) is 7.63. The number of nitrogens with zero attached hydrogens (tertiary/aromatic N) is 4. The second kappa shape index (κ2) is 5.32. The highest BCUT2D eigenvalue weighted by Crippen LogP contribution is 2.30. The summed E-state index contributed by atoms with van der Waals surface area (Å²) < 4.78 is 1.72. The van der Waals surface area contributed by atoms with Crippen molar-refractivity contribution < 1.29 is 5.11 Å². The number of fused-ring (bicyclic) bond motifs is 1. The van der Waals surface area contributed by atoms with Crippen molar-refractivity contribution >= 4 is 16.3 Å². The SMILES string of the molecule is OCc1c(-c2ccncc2)nc2sc(-c3ccccc3)nn12. The summed E-state index contributed by atoms with van der Waals surface area (Å²) in [6.45, 7) is -0.114. The van der Waals surface area contributed by atoms with Crippen LogP contribution in [0, 0.1) is 0 Å². The minimum absolute atomic E-state index is 0.114. The van der Waals surface area contributed by atoms with Gasteiger partial charge in [0.05, 0.1) is 18.0 Å². The summed E-state index contributed by atoms with van der Waals surface area (Å²) in [5.74, 6) is 0. The van der Waals surface area contributed by atoms with E-state index >= 15 is 0 Å². The van der Waals surface area contributed by atoms with E-state index in [1.165, 1.54) is 11.3 Å².